The van der Waals surface area contributed by atoms with Crippen LogP contribution in [0.2, 0.25) is 0 Å². The largest absolute Gasteiger partial charge is 0.451 e. The maximum atomic E-state index is 12.3. The predicted octanol–water partition coefficient (Wildman–Crippen LogP) is 4.01. The van der Waals surface area contributed by atoms with Gasteiger partial charge in [-0.05, 0) is 43.5 Å². The number of hydrogen-bond donors (Lipinski definition) is 1. The van der Waals surface area contributed by atoms with E-state index in [2.05, 4.69) is 5.32 Å². The van der Waals surface area contributed by atoms with Crippen molar-refractivity contribution in [2.24, 2.45) is 0 Å². The molecule has 2 aromatic rings. The number of ketones is 1. The monoisotopic (exact) mass is 354 g/mol. The highest BCUT2D eigenvalue weighted by Gasteiger charge is 2.27. The molecule has 7 heteroatoms. The second-order valence-corrected chi connectivity index (χ2v) is 6.09. The van der Waals surface area contributed by atoms with Crippen molar-refractivity contribution in [1.82, 2.24) is 0 Å². The number of Topliss-reactive ketones (excluding diaryl/α,β-unsaturated/α-hetero) is 1. The number of anilines is 2. The Bertz CT molecular complexity index is 835. The molecule has 0 aromatic heterocycles. The maximum Gasteiger partial charge on any atom is 0.339 e. The lowest BCUT2D eigenvalue weighted by atomic mass is 9.96. The molecule has 0 unspecified atom stereocenters. The average Bonchev–Trinajstić information content (AvgIpc) is 2.64. The van der Waals surface area contributed by atoms with Crippen molar-refractivity contribution in [2.45, 2.75) is 31.8 Å². The molecule has 1 aliphatic carbocycles. The van der Waals surface area contributed by atoms with E-state index in [1.54, 1.807) is 24.3 Å². The van der Waals surface area contributed by atoms with Crippen molar-refractivity contribution in [1.29, 1.82) is 0 Å². The second kappa shape index (κ2) is 7.77. The van der Waals surface area contributed by atoms with Crippen LogP contribution < -0.4 is 5.32 Å². The third-order valence-corrected chi connectivity index (χ3v) is 4.23. The highest BCUT2D eigenvalue weighted by molar-refractivity contribution is 5.94. The standard InChI is InChI=1S/C19H18N2O5/c22-17-8-4-5-9-18(17)26-19(23)13-10-11-15(16(12-13)21(24)25)20-14-6-2-1-3-7-14/h1-3,6-7,10-12,18,20H,4-5,8-9H2/t18-/m0/s1. The van der Waals surface area contributed by atoms with Crippen molar-refractivity contribution in [2.75, 3.05) is 5.32 Å². The molecule has 0 heterocycles. The minimum absolute atomic E-state index is 0.0497. The van der Waals surface area contributed by atoms with Crippen LogP contribution in [0.5, 0.6) is 0 Å². The van der Waals surface area contributed by atoms with Gasteiger partial charge in [-0.25, -0.2) is 4.79 Å². The summed E-state index contributed by atoms with van der Waals surface area (Å²) in [6.07, 6.45) is 1.78. The molecule has 134 valence electrons. The predicted molar refractivity (Wildman–Crippen MR) is 95.5 cm³/mol. The van der Waals surface area contributed by atoms with Crippen LogP contribution in [0.1, 0.15) is 36.0 Å². The summed E-state index contributed by atoms with van der Waals surface area (Å²) in [6, 6.07) is 13.1. The van der Waals surface area contributed by atoms with Gasteiger partial charge < -0.3 is 10.1 Å². The number of carbonyl (C=O) groups is 2. The molecule has 0 aliphatic heterocycles. The Kier molecular flexibility index (Phi) is 5.26. The van der Waals surface area contributed by atoms with Crippen molar-refractivity contribution in [3.63, 3.8) is 0 Å². The van der Waals surface area contributed by atoms with E-state index in [0.29, 0.717) is 18.5 Å². The molecular formula is C19H18N2O5. The summed E-state index contributed by atoms with van der Waals surface area (Å²) in [4.78, 5) is 34.9. The molecule has 1 aliphatic rings. The van der Waals surface area contributed by atoms with Crippen molar-refractivity contribution < 1.29 is 19.2 Å². The number of esters is 1. The van der Waals surface area contributed by atoms with Crippen LogP contribution in [-0.4, -0.2) is 22.8 Å². The minimum Gasteiger partial charge on any atom is -0.451 e. The van der Waals surface area contributed by atoms with E-state index in [0.717, 1.165) is 12.8 Å². The molecule has 1 atom stereocenters. The Morgan fingerprint density at radius 3 is 2.62 bits per heavy atom. The van der Waals surface area contributed by atoms with E-state index in [1.165, 1.54) is 18.2 Å². The van der Waals surface area contributed by atoms with Gasteiger partial charge in [0.05, 0.1) is 10.5 Å². The molecule has 0 amide bonds. The normalized spacial score (nSPS) is 16.8. The number of ether oxygens (including phenoxy) is 1. The van der Waals surface area contributed by atoms with E-state index in [4.69, 9.17) is 4.74 Å². The molecule has 7 nitrogen and oxygen atoms in total. The fourth-order valence-corrected chi connectivity index (χ4v) is 2.87. The highest BCUT2D eigenvalue weighted by Crippen LogP contribution is 2.29. The third-order valence-electron chi connectivity index (χ3n) is 4.23. The molecule has 0 bridgehead atoms. The molecular weight excluding hydrogens is 336 g/mol. The van der Waals surface area contributed by atoms with Crippen LogP contribution in [0, 0.1) is 10.1 Å². The van der Waals surface area contributed by atoms with Gasteiger partial charge in [0.25, 0.3) is 5.69 Å². The van der Waals surface area contributed by atoms with Gasteiger partial charge in [-0.15, -0.1) is 0 Å². The number of para-hydroxylation sites is 1. The smallest absolute Gasteiger partial charge is 0.339 e. The fraction of sp³-hybridized carbons (Fsp3) is 0.263. The molecule has 0 radical (unpaired) electrons. The molecule has 0 saturated heterocycles. The first-order valence-electron chi connectivity index (χ1n) is 8.39. The van der Waals surface area contributed by atoms with Crippen LogP contribution in [0.4, 0.5) is 17.1 Å². The third kappa shape index (κ3) is 4.05. The highest BCUT2D eigenvalue weighted by atomic mass is 16.6. The number of hydrogen-bond acceptors (Lipinski definition) is 6. The van der Waals surface area contributed by atoms with Gasteiger partial charge in [-0.1, -0.05) is 18.2 Å². The van der Waals surface area contributed by atoms with Crippen LogP contribution in [-0.2, 0) is 9.53 Å². The molecule has 1 fully saturated rings. The Balaban J connectivity index is 1.80. The zero-order valence-electron chi connectivity index (χ0n) is 14.0. The summed E-state index contributed by atoms with van der Waals surface area (Å²) in [7, 11) is 0. The molecule has 0 spiro atoms. The number of rotatable bonds is 5. The van der Waals surface area contributed by atoms with Gasteiger partial charge in [0.15, 0.2) is 11.9 Å². The minimum atomic E-state index is -0.752. The summed E-state index contributed by atoms with van der Waals surface area (Å²) in [6.45, 7) is 0. The SMILES string of the molecule is O=C(O[C@H]1CCCCC1=O)c1ccc(Nc2ccccc2)c([N+](=O)[O-])c1. The first kappa shape index (κ1) is 17.6. The molecule has 3 rings (SSSR count). The molecule has 2 aromatic carbocycles. The Hall–Kier alpha value is -3.22. The summed E-state index contributed by atoms with van der Waals surface area (Å²) in [5, 5.41) is 14.3. The second-order valence-electron chi connectivity index (χ2n) is 6.09. The van der Waals surface area contributed by atoms with E-state index in [9.17, 15) is 19.7 Å². The fourth-order valence-electron chi connectivity index (χ4n) is 2.87. The van der Waals surface area contributed by atoms with E-state index >= 15 is 0 Å². The number of nitro groups is 1. The van der Waals surface area contributed by atoms with Gasteiger partial charge in [0.1, 0.15) is 5.69 Å². The van der Waals surface area contributed by atoms with Crippen LogP contribution in [0.3, 0.4) is 0 Å². The summed E-state index contributed by atoms with van der Waals surface area (Å²) >= 11 is 0. The number of nitrogens with one attached hydrogen (secondary N) is 1. The van der Waals surface area contributed by atoms with Crippen molar-refractivity contribution in [3.05, 3.63) is 64.2 Å². The van der Waals surface area contributed by atoms with Gasteiger partial charge in [-0.3, -0.25) is 14.9 Å². The molecule has 1 N–H and O–H groups in total. The lowest BCUT2D eigenvalue weighted by Gasteiger charge is -2.20. The first-order valence-corrected chi connectivity index (χ1v) is 8.39. The van der Waals surface area contributed by atoms with Gasteiger partial charge >= 0.3 is 5.97 Å². The lowest BCUT2D eigenvalue weighted by molar-refractivity contribution is -0.383. The Labute approximate surface area is 150 Å². The number of benzene rings is 2. The molecule has 1 saturated carbocycles. The van der Waals surface area contributed by atoms with E-state index in [-0.39, 0.29) is 22.7 Å². The lowest BCUT2D eigenvalue weighted by Crippen LogP contribution is -2.30. The number of nitro benzene ring substituents is 1. The van der Waals surface area contributed by atoms with Crippen LogP contribution >= 0.6 is 0 Å². The zero-order chi connectivity index (χ0) is 18.5. The topological polar surface area (TPSA) is 98.5 Å². The quantitative estimate of drug-likeness (QED) is 0.495. The first-order chi connectivity index (χ1) is 12.5. The van der Waals surface area contributed by atoms with Gasteiger partial charge in [-0.2, -0.15) is 0 Å². The van der Waals surface area contributed by atoms with E-state index in [1.807, 2.05) is 6.07 Å². The van der Waals surface area contributed by atoms with Crippen LogP contribution in [0.25, 0.3) is 0 Å². The van der Waals surface area contributed by atoms with E-state index < -0.39 is 17.0 Å². The summed E-state index contributed by atoms with van der Waals surface area (Å²) in [5.74, 6) is -0.818. The summed E-state index contributed by atoms with van der Waals surface area (Å²) < 4.78 is 5.25. The van der Waals surface area contributed by atoms with Gasteiger partial charge in [0, 0.05) is 18.2 Å². The van der Waals surface area contributed by atoms with Crippen LogP contribution in [0.15, 0.2) is 48.5 Å². The zero-order valence-corrected chi connectivity index (χ0v) is 14.0. The number of nitrogens with zero attached hydrogens (tertiary/aromatic N) is 1. The Morgan fingerprint density at radius 1 is 1.15 bits per heavy atom. The van der Waals surface area contributed by atoms with Gasteiger partial charge in [0.2, 0.25) is 0 Å². The maximum absolute atomic E-state index is 12.3. The number of carbonyl (C=O) groups excluding carboxylic acids is 2. The Morgan fingerprint density at radius 2 is 1.92 bits per heavy atom. The molecule has 26 heavy (non-hydrogen) atoms. The summed E-state index contributed by atoms with van der Waals surface area (Å²) in [5.41, 5.74) is 0.775. The van der Waals surface area contributed by atoms with Crippen molar-refractivity contribution in [3.8, 4) is 0 Å². The van der Waals surface area contributed by atoms with Crippen molar-refractivity contribution >= 4 is 28.8 Å². The average molecular weight is 354 g/mol.